The van der Waals surface area contributed by atoms with Crippen molar-refractivity contribution in [2.24, 2.45) is 0 Å². The average Bonchev–Trinajstić information content (AvgIpc) is 3.09. The molecule has 5 nitrogen and oxygen atoms in total. The number of hydrogen-bond acceptors (Lipinski definition) is 4. The van der Waals surface area contributed by atoms with Crippen LogP contribution in [0.3, 0.4) is 0 Å². The van der Waals surface area contributed by atoms with E-state index in [1.54, 1.807) is 23.1 Å². The summed E-state index contributed by atoms with van der Waals surface area (Å²) in [7, 11) is 0. The molecular weight excluding hydrogens is 325 g/mol. The Morgan fingerprint density at radius 2 is 1.90 bits per heavy atom. The Morgan fingerprint density at radius 3 is 2.55 bits per heavy atom. The average molecular weight is 335 g/mol. The van der Waals surface area contributed by atoms with E-state index in [4.69, 9.17) is 44.3 Å². The molecule has 0 unspecified atom stereocenters. The Hall–Kier alpha value is -0.850. The summed E-state index contributed by atoms with van der Waals surface area (Å²) in [4.78, 5) is 3.90. The van der Waals surface area contributed by atoms with Gasteiger partial charge >= 0.3 is 0 Å². The number of aromatic nitrogens is 3. The van der Waals surface area contributed by atoms with Gasteiger partial charge in [-0.25, -0.2) is 9.67 Å². The second kappa shape index (κ2) is 5.50. The van der Waals surface area contributed by atoms with E-state index in [1.165, 1.54) is 6.33 Å². The highest BCUT2D eigenvalue weighted by Gasteiger charge is 2.41. The Bertz CT molecular complexity index is 613. The second-order valence-electron chi connectivity index (χ2n) is 4.27. The molecule has 1 fully saturated rings. The summed E-state index contributed by atoms with van der Waals surface area (Å²) in [5.41, 5.74) is 0.626. The van der Waals surface area contributed by atoms with Crippen LogP contribution in [0.1, 0.15) is 5.56 Å². The summed E-state index contributed by atoms with van der Waals surface area (Å²) in [6.07, 6.45) is 3.03. The first-order valence-corrected chi connectivity index (χ1v) is 7.00. The van der Waals surface area contributed by atoms with Gasteiger partial charge in [-0.1, -0.05) is 40.9 Å². The fraction of sp³-hybridized carbons (Fsp3) is 0.333. The molecule has 1 aliphatic rings. The molecule has 20 heavy (non-hydrogen) atoms. The van der Waals surface area contributed by atoms with Crippen LogP contribution in [0.5, 0.6) is 0 Å². The molecule has 0 aliphatic carbocycles. The smallest absolute Gasteiger partial charge is 0.216 e. The van der Waals surface area contributed by atoms with Gasteiger partial charge < -0.3 is 9.47 Å². The van der Waals surface area contributed by atoms with Crippen molar-refractivity contribution in [2.45, 2.75) is 12.3 Å². The lowest BCUT2D eigenvalue weighted by Crippen LogP contribution is -2.33. The molecule has 0 saturated carbocycles. The number of rotatable bonds is 3. The van der Waals surface area contributed by atoms with Crippen molar-refractivity contribution >= 4 is 34.8 Å². The first-order chi connectivity index (χ1) is 9.62. The lowest BCUT2D eigenvalue weighted by Gasteiger charge is -2.28. The third kappa shape index (κ3) is 2.40. The number of nitrogens with zero attached hydrogens (tertiary/aromatic N) is 3. The van der Waals surface area contributed by atoms with Crippen LogP contribution in [0.15, 0.2) is 24.8 Å². The van der Waals surface area contributed by atoms with E-state index in [0.717, 1.165) is 0 Å². The highest BCUT2D eigenvalue weighted by molar-refractivity contribution is 6.48. The second-order valence-corrected chi connectivity index (χ2v) is 5.43. The minimum absolute atomic E-state index is 0.280. The molecule has 2 aromatic rings. The van der Waals surface area contributed by atoms with Crippen LogP contribution in [0.25, 0.3) is 0 Å². The molecular formula is C12H10Cl3N3O2. The van der Waals surface area contributed by atoms with E-state index >= 15 is 0 Å². The third-order valence-electron chi connectivity index (χ3n) is 3.04. The molecule has 0 atom stereocenters. The van der Waals surface area contributed by atoms with Crippen molar-refractivity contribution in [1.29, 1.82) is 0 Å². The van der Waals surface area contributed by atoms with Crippen molar-refractivity contribution < 1.29 is 9.47 Å². The maximum Gasteiger partial charge on any atom is 0.216 e. The monoisotopic (exact) mass is 333 g/mol. The fourth-order valence-corrected chi connectivity index (χ4v) is 2.81. The minimum Gasteiger partial charge on any atom is -0.342 e. The van der Waals surface area contributed by atoms with Gasteiger partial charge in [0, 0.05) is 5.56 Å². The van der Waals surface area contributed by atoms with Crippen LogP contribution in [0, 0.1) is 0 Å². The Morgan fingerprint density at radius 1 is 1.15 bits per heavy atom. The quantitative estimate of drug-likeness (QED) is 0.809. The predicted molar refractivity (Wildman–Crippen MR) is 75.1 cm³/mol. The first-order valence-electron chi connectivity index (χ1n) is 5.87. The van der Waals surface area contributed by atoms with Crippen LogP contribution in [-0.4, -0.2) is 28.0 Å². The summed E-state index contributed by atoms with van der Waals surface area (Å²) in [5, 5.41) is 5.05. The van der Waals surface area contributed by atoms with Crippen molar-refractivity contribution in [1.82, 2.24) is 14.8 Å². The zero-order valence-electron chi connectivity index (χ0n) is 10.2. The molecule has 8 heteroatoms. The van der Waals surface area contributed by atoms with Crippen LogP contribution >= 0.6 is 34.8 Å². The van der Waals surface area contributed by atoms with Gasteiger partial charge in [0.15, 0.2) is 0 Å². The third-order valence-corrected chi connectivity index (χ3v) is 4.33. The topological polar surface area (TPSA) is 49.2 Å². The van der Waals surface area contributed by atoms with Gasteiger partial charge in [-0.3, -0.25) is 0 Å². The zero-order valence-corrected chi connectivity index (χ0v) is 12.5. The summed E-state index contributed by atoms with van der Waals surface area (Å²) in [6, 6.07) is 3.41. The normalized spacial score (nSPS) is 17.6. The largest absolute Gasteiger partial charge is 0.342 e. The molecule has 106 valence electrons. The standard InChI is InChI=1S/C12H10Cl3N3O2/c13-9-2-1-8(10(14)11(9)15)12(19-3-4-20-12)5-18-7-16-6-17-18/h1-2,6-7H,3-5H2. The van der Waals surface area contributed by atoms with Gasteiger partial charge in [-0.05, 0) is 6.07 Å². The van der Waals surface area contributed by atoms with Crippen LogP contribution in [-0.2, 0) is 21.8 Å². The fourth-order valence-electron chi connectivity index (χ4n) is 2.13. The molecule has 0 radical (unpaired) electrons. The Balaban J connectivity index is 2.05. The van der Waals surface area contributed by atoms with E-state index < -0.39 is 5.79 Å². The molecule has 1 saturated heterocycles. The Kier molecular flexibility index (Phi) is 3.88. The summed E-state index contributed by atoms with van der Waals surface area (Å²) >= 11 is 18.3. The van der Waals surface area contributed by atoms with Gasteiger partial charge in [0.05, 0.1) is 28.3 Å². The van der Waals surface area contributed by atoms with Crippen molar-refractivity contribution in [2.75, 3.05) is 13.2 Å². The minimum atomic E-state index is -1.03. The number of ether oxygens (including phenoxy) is 2. The van der Waals surface area contributed by atoms with Crippen LogP contribution < -0.4 is 0 Å². The van der Waals surface area contributed by atoms with E-state index in [0.29, 0.717) is 35.4 Å². The van der Waals surface area contributed by atoms with Gasteiger partial charge in [-0.15, -0.1) is 0 Å². The SMILES string of the molecule is Clc1ccc(C2(Cn3cncn3)OCCO2)c(Cl)c1Cl. The molecule has 0 amide bonds. The molecule has 2 heterocycles. The molecule has 0 bridgehead atoms. The van der Waals surface area contributed by atoms with Gasteiger partial charge in [0.1, 0.15) is 19.2 Å². The van der Waals surface area contributed by atoms with Crippen LogP contribution in [0.4, 0.5) is 0 Å². The lowest BCUT2D eigenvalue weighted by molar-refractivity contribution is -0.177. The summed E-state index contributed by atoms with van der Waals surface area (Å²) < 4.78 is 13.2. The first kappa shape index (κ1) is 14.1. The van der Waals surface area contributed by atoms with E-state index in [9.17, 15) is 0 Å². The maximum absolute atomic E-state index is 6.29. The molecule has 0 N–H and O–H groups in total. The summed E-state index contributed by atoms with van der Waals surface area (Å²) in [5.74, 6) is -1.03. The predicted octanol–water partition coefficient (Wildman–Crippen LogP) is 3.14. The molecule has 1 aromatic heterocycles. The number of halogens is 3. The number of benzene rings is 1. The Labute approximate surface area is 130 Å². The van der Waals surface area contributed by atoms with E-state index in [1.807, 2.05) is 0 Å². The molecule has 3 rings (SSSR count). The highest BCUT2D eigenvalue weighted by atomic mass is 35.5. The number of hydrogen-bond donors (Lipinski definition) is 0. The highest BCUT2D eigenvalue weighted by Crippen LogP contribution is 2.42. The zero-order chi connectivity index (χ0) is 14.2. The van der Waals surface area contributed by atoms with Gasteiger partial charge in [0.2, 0.25) is 5.79 Å². The summed E-state index contributed by atoms with van der Waals surface area (Å²) in [6.45, 7) is 1.25. The van der Waals surface area contributed by atoms with Crippen molar-refractivity contribution in [3.8, 4) is 0 Å². The van der Waals surface area contributed by atoms with Gasteiger partial charge in [-0.2, -0.15) is 5.10 Å². The van der Waals surface area contributed by atoms with Gasteiger partial charge in [0.25, 0.3) is 0 Å². The van der Waals surface area contributed by atoms with E-state index in [2.05, 4.69) is 10.1 Å². The van der Waals surface area contributed by atoms with Crippen molar-refractivity contribution in [3.63, 3.8) is 0 Å². The molecule has 1 aromatic carbocycles. The lowest BCUT2D eigenvalue weighted by atomic mass is 10.1. The van der Waals surface area contributed by atoms with E-state index in [-0.39, 0.29) is 5.02 Å². The molecule has 1 aliphatic heterocycles. The maximum atomic E-state index is 6.29. The van der Waals surface area contributed by atoms with Crippen LogP contribution in [0.2, 0.25) is 15.1 Å². The van der Waals surface area contributed by atoms with Crippen molar-refractivity contribution in [3.05, 3.63) is 45.4 Å². The molecule has 0 spiro atoms.